The molecule has 216 valence electrons. The lowest BCUT2D eigenvalue weighted by atomic mass is 10.1. The molecule has 2 aromatic carbocycles. The number of aromatic nitrogens is 3. The highest BCUT2D eigenvalue weighted by Crippen LogP contribution is 2.27. The number of alkyl halides is 2. The number of benzene rings is 2. The van der Waals surface area contributed by atoms with E-state index in [0.717, 1.165) is 22.5 Å². The van der Waals surface area contributed by atoms with E-state index in [1.54, 1.807) is 49.9 Å². The van der Waals surface area contributed by atoms with E-state index in [4.69, 9.17) is 4.74 Å². The fourth-order valence-corrected chi connectivity index (χ4v) is 4.08. The first-order valence-corrected chi connectivity index (χ1v) is 12.9. The molecule has 4 N–H and O–H groups in total. The molecule has 0 aliphatic heterocycles. The second-order valence-corrected chi connectivity index (χ2v) is 8.92. The maximum Gasteiger partial charge on any atom is 0.387 e. The average molecular weight is 568 g/mol. The van der Waals surface area contributed by atoms with Crippen LogP contribution in [0.4, 0.5) is 20.3 Å². The molecule has 41 heavy (non-hydrogen) atoms. The lowest BCUT2D eigenvalue weighted by Gasteiger charge is -2.12. The smallest absolute Gasteiger partial charge is 0.387 e. The molecule has 4 rings (SSSR count). The highest BCUT2D eigenvalue weighted by atomic mass is 19.3. The Hall–Kier alpha value is -4.62. The number of carbonyl (C=O) groups is 2. The molecule has 2 aromatic heterocycles. The highest BCUT2D eigenvalue weighted by Gasteiger charge is 2.13. The van der Waals surface area contributed by atoms with Gasteiger partial charge in [0.25, 0.3) is 5.91 Å². The molecule has 0 bridgehead atoms. The Labute approximate surface area is 235 Å². The quantitative estimate of drug-likeness (QED) is 0.171. The minimum atomic E-state index is -2.89. The first-order chi connectivity index (χ1) is 19.9. The van der Waals surface area contributed by atoms with Gasteiger partial charge < -0.3 is 30.7 Å². The number of ether oxygens (including phenoxy) is 2. The molecule has 0 saturated carbocycles. The van der Waals surface area contributed by atoms with Gasteiger partial charge in [-0.05, 0) is 62.0 Å². The fraction of sp³-hybridized carbons (Fsp3) is 0.286. The van der Waals surface area contributed by atoms with Gasteiger partial charge in [-0.2, -0.15) is 8.78 Å². The van der Waals surface area contributed by atoms with E-state index >= 15 is 0 Å². The number of hydrogen-bond donors (Lipinski definition) is 4. The van der Waals surface area contributed by atoms with Gasteiger partial charge in [0.15, 0.2) is 11.5 Å². The SMILES string of the molecule is CNCC(=O)NCCOCCNC(=O)c1ccc(Nc2nccn3c(-c4ccc(OC(F)F)cc4)cnc23)cc1C. The Balaban J connectivity index is 1.34. The van der Waals surface area contributed by atoms with Crippen LogP contribution in [0, 0.1) is 6.92 Å². The monoisotopic (exact) mass is 567 g/mol. The molecular weight excluding hydrogens is 536 g/mol. The lowest BCUT2D eigenvalue weighted by Crippen LogP contribution is -2.34. The predicted molar refractivity (Wildman–Crippen MR) is 150 cm³/mol. The third-order valence-corrected chi connectivity index (χ3v) is 5.97. The van der Waals surface area contributed by atoms with Crippen molar-refractivity contribution in [3.8, 4) is 17.0 Å². The lowest BCUT2D eigenvalue weighted by molar-refractivity contribution is -0.120. The third-order valence-electron chi connectivity index (χ3n) is 5.97. The van der Waals surface area contributed by atoms with Crippen molar-refractivity contribution < 1.29 is 27.8 Å². The van der Waals surface area contributed by atoms with Crippen LogP contribution in [-0.4, -0.2) is 72.7 Å². The maximum absolute atomic E-state index is 12.6. The van der Waals surface area contributed by atoms with E-state index in [1.807, 2.05) is 17.4 Å². The van der Waals surface area contributed by atoms with Crippen molar-refractivity contribution in [3.63, 3.8) is 0 Å². The molecule has 11 nitrogen and oxygen atoms in total. The van der Waals surface area contributed by atoms with E-state index in [1.165, 1.54) is 12.1 Å². The zero-order valence-electron chi connectivity index (χ0n) is 22.6. The molecule has 0 unspecified atom stereocenters. The van der Waals surface area contributed by atoms with E-state index in [-0.39, 0.29) is 24.1 Å². The molecule has 0 spiro atoms. The van der Waals surface area contributed by atoms with Gasteiger partial charge in [-0.15, -0.1) is 0 Å². The topological polar surface area (TPSA) is 131 Å². The summed E-state index contributed by atoms with van der Waals surface area (Å²) in [5, 5.41) is 11.6. The largest absolute Gasteiger partial charge is 0.435 e. The number of aryl methyl sites for hydroxylation is 1. The number of amides is 2. The normalized spacial score (nSPS) is 11.0. The summed E-state index contributed by atoms with van der Waals surface area (Å²) in [5.41, 5.74) is 4.10. The summed E-state index contributed by atoms with van der Waals surface area (Å²) in [6, 6.07) is 11.7. The summed E-state index contributed by atoms with van der Waals surface area (Å²) in [7, 11) is 1.70. The fourth-order valence-electron chi connectivity index (χ4n) is 4.08. The second-order valence-electron chi connectivity index (χ2n) is 8.92. The van der Waals surface area contributed by atoms with Crippen molar-refractivity contribution in [1.29, 1.82) is 0 Å². The number of rotatable bonds is 14. The van der Waals surface area contributed by atoms with Crippen molar-refractivity contribution in [2.75, 3.05) is 45.2 Å². The Morgan fingerprint density at radius 2 is 1.78 bits per heavy atom. The molecule has 0 aliphatic rings. The van der Waals surface area contributed by atoms with Crippen molar-refractivity contribution in [2.24, 2.45) is 0 Å². The van der Waals surface area contributed by atoms with Crippen molar-refractivity contribution in [2.45, 2.75) is 13.5 Å². The molecule has 0 aliphatic carbocycles. The number of nitrogens with zero attached hydrogens (tertiary/aromatic N) is 3. The molecule has 0 radical (unpaired) electrons. The van der Waals surface area contributed by atoms with Crippen LogP contribution in [0.1, 0.15) is 15.9 Å². The van der Waals surface area contributed by atoms with Crippen LogP contribution in [-0.2, 0) is 9.53 Å². The Morgan fingerprint density at radius 1 is 1.02 bits per heavy atom. The second kappa shape index (κ2) is 14.1. The average Bonchev–Trinajstić information content (AvgIpc) is 3.38. The zero-order valence-corrected chi connectivity index (χ0v) is 22.6. The van der Waals surface area contributed by atoms with E-state index in [2.05, 4.69) is 36.0 Å². The van der Waals surface area contributed by atoms with Crippen LogP contribution >= 0.6 is 0 Å². The molecule has 0 saturated heterocycles. The molecule has 0 fully saturated rings. The summed E-state index contributed by atoms with van der Waals surface area (Å²) in [6.07, 6.45) is 5.06. The van der Waals surface area contributed by atoms with Crippen LogP contribution < -0.4 is 26.0 Å². The van der Waals surface area contributed by atoms with E-state index in [9.17, 15) is 18.4 Å². The number of nitrogens with one attached hydrogen (secondary N) is 4. The van der Waals surface area contributed by atoms with Gasteiger partial charge in [-0.25, -0.2) is 9.97 Å². The van der Waals surface area contributed by atoms with Gasteiger partial charge in [-0.3, -0.25) is 14.0 Å². The summed E-state index contributed by atoms with van der Waals surface area (Å²) in [4.78, 5) is 32.9. The number of anilines is 2. The highest BCUT2D eigenvalue weighted by molar-refractivity contribution is 5.96. The van der Waals surface area contributed by atoms with Crippen molar-refractivity contribution in [1.82, 2.24) is 30.3 Å². The van der Waals surface area contributed by atoms with Crippen LogP contribution in [0.15, 0.2) is 61.1 Å². The standard InChI is InChI=1S/C28H31F2N7O4/c1-18-15-20(5-8-22(18)27(39)34-11-14-40-13-10-32-24(38)17-31-2)36-25-26-35-16-23(37(26)12-9-33-25)19-3-6-21(7-4-19)41-28(29)30/h3-9,12,15-16,28,31H,10-11,13-14,17H2,1-2H3,(H,32,38)(H,33,36)(H,34,39). The Kier molecular flexibility index (Phi) is 10.1. The molecule has 0 atom stereocenters. The number of hydrogen-bond acceptors (Lipinski definition) is 8. The van der Waals surface area contributed by atoms with Gasteiger partial charge in [-0.1, -0.05) is 0 Å². The summed E-state index contributed by atoms with van der Waals surface area (Å²) in [6.45, 7) is 0.612. The van der Waals surface area contributed by atoms with Gasteiger partial charge in [0.1, 0.15) is 5.75 Å². The number of halogens is 2. The van der Waals surface area contributed by atoms with Crippen LogP contribution in [0.25, 0.3) is 16.9 Å². The molecule has 2 amide bonds. The number of fused-ring (bicyclic) bond motifs is 1. The predicted octanol–water partition coefficient (Wildman–Crippen LogP) is 3.13. The van der Waals surface area contributed by atoms with Gasteiger partial charge in [0.2, 0.25) is 5.91 Å². The Morgan fingerprint density at radius 3 is 2.49 bits per heavy atom. The summed E-state index contributed by atoms with van der Waals surface area (Å²) in [5.74, 6) is 0.258. The van der Waals surface area contributed by atoms with Gasteiger partial charge in [0.05, 0.1) is 31.6 Å². The zero-order chi connectivity index (χ0) is 29.2. The minimum Gasteiger partial charge on any atom is -0.435 e. The van der Waals surface area contributed by atoms with E-state index in [0.29, 0.717) is 43.3 Å². The molecule has 13 heteroatoms. The van der Waals surface area contributed by atoms with Crippen molar-refractivity contribution in [3.05, 3.63) is 72.2 Å². The summed E-state index contributed by atoms with van der Waals surface area (Å²) < 4.78 is 36.6. The summed E-state index contributed by atoms with van der Waals surface area (Å²) >= 11 is 0. The minimum absolute atomic E-state index is 0.0741. The van der Waals surface area contributed by atoms with Crippen LogP contribution in [0.2, 0.25) is 0 Å². The number of carbonyl (C=O) groups excluding carboxylic acids is 2. The first-order valence-electron chi connectivity index (χ1n) is 12.9. The molecular formula is C28H31F2N7O4. The molecule has 4 aromatic rings. The Bertz CT molecular complexity index is 1480. The molecule has 2 heterocycles. The third kappa shape index (κ3) is 7.96. The van der Waals surface area contributed by atoms with Gasteiger partial charge in [0, 0.05) is 42.3 Å². The van der Waals surface area contributed by atoms with E-state index < -0.39 is 6.61 Å². The number of likely N-dealkylation sites (N-methyl/N-ethyl adjacent to an activating group) is 1. The van der Waals surface area contributed by atoms with Gasteiger partial charge >= 0.3 is 6.61 Å². The maximum atomic E-state index is 12.6. The van der Waals surface area contributed by atoms with Crippen LogP contribution in [0.5, 0.6) is 5.75 Å². The van der Waals surface area contributed by atoms with Crippen molar-refractivity contribution >= 4 is 29.0 Å². The first kappa shape index (κ1) is 29.4. The number of imidazole rings is 1. The van der Waals surface area contributed by atoms with Crippen LogP contribution in [0.3, 0.4) is 0 Å².